The van der Waals surface area contributed by atoms with Gasteiger partial charge in [0.25, 0.3) is 0 Å². The molecule has 3 aliphatic heterocycles. The van der Waals surface area contributed by atoms with Crippen LogP contribution in [0.3, 0.4) is 0 Å². The summed E-state index contributed by atoms with van der Waals surface area (Å²) in [4.78, 5) is 0. The Balaban J connectivity index is 0.00000145. The molecule has 4 rings (SSSR count). The molecule has 0 aromatic carbocycles. The van der Waals surface area contributed by atoms with E-state index < -0.39 is 67.6 Å². The first-order valence-corrected chi connectivity index (χ1v) is 16.3. The zero-order chi connectivity index (χ0) is 32.7. The second kappa shape index (κ2) is 21.3. The van der Waals surface area contributed by atoms with Gasteiger partial charge >= 0.3 is 0 Å². The van der Waals surface area contributed by atoms with Crippen molar-refractivity contribution < 1.29 is 43.7 Å². The molecule has 3 heterocycles. The predicted octanol–water partition coefficient (Wildman–Crippen LogP) is -0.637. The maximum Gasteiger partial charge on any atom is 0.173 e. The third kappa shape index (κ3) is 11.6. The topological polar surface area (TPSA) is 246 Å². The van der Waals surface area contributed by atoms with Crippen LogP contribution >= 0.6 is 0 Å². The van der Waals surface area contributed by atoms with Gasteiger partial charge < -0.3 is 72.4 Å². The molecular weight excluding hydrogens is 562 g/mol. The number of ether oxygens (including phenoxy) is 6. The Morgan fingerprint density at radius 3 is 1.88 bits per heavy atom. The van der Waals surface area contributed by atoms with Gasteiger partial charge in [0.05, 0.1) is 37.1 Å². The summed E-state index contributed by atoms with van der Waals surface area (Å²) in [7, 11) is 0. The summed E-state index contributed by atoms with van der Waals surface area (Å²) in [6.07, 6.45) is -4.62. The molecule has 1 aliphatic carbocycles. The van der Waals surface area contributed by atoms with Gasteiger partial charge in [-0.15, -0.1) is 0 Å². The zero-order valence-electron chi connectivity index (χ0n) is 27.1. The van der Waals surface area contributed by atoms with E-state index in [-0.39, 0.29) is 37.8 Å². The zero-order valence-corrected chi connectivity index (χ0v) is 27.1. The van der Waals surface area contributed by atoms with Crippen LogP contribution in [0.4, 0.5) is 0 Å². The Morgan fingerprint density at radius 2 is 1.28 bits per heavy atom. The number of aliphatic hydroxyl groups is 3. The molecule has 0 aromatic rings. The van der Waals surface area contributed by atoms with E-state index in [1.54, 1.807) is 0 Å². The van der Waals surface area contributed by atoms with Crippen LogP contribution in [0.1, 0.15) is 80.1 Å². The highest BCUT2D eigenvalue weighted by atomic mass is 16.7. The van der Waals surface area contributed by atoms with Gasteiger partial charge in [0, 0.05) is 38.0 Å². The second-order valence-corrected chi connectivity index (χ2v) is 10.6. The van der Waals surface area contributed by atoms with Crippen LogP contribution in [0.5, 0.6) is 0 Å². The third-order valence-corrected chi connectivity index (χ3v) is 7.72. The van der Waals surface area contributed by atoms with Crippen molar-refractivity contribution in [1.82, 2.24) is 0 Å². The third-order valence-electron chi connectivity index (χ3n) is 7.72. The van der Waals surface area contributed by atoms with Crippen molar-refractivity contribution in [3.8, 4) is 0 Å². The Morgan fingerprint density at radius 1 is 0.674 bits per heavy atom. The predicted molar refractivity (Wildman–Crippen MR) is 163 cm³/mol. The first-order chi connectivity index (χ1) is 20.7. The lowest BCUT2D eigenvalue weighted by molar-refractivity contribution is -0.268. The highest BCUT2D eigenvalue weighted by molar-refractivity contribution is 4.95. The van der Waals surface area contributed by atoms with E-state index in [2.05, 4.69) is 0 Å². The van der Waals surface area contributed by atoms with Crippen LogP contribution in [0, 0.1) is 0 Å². The maximum absolute atomic E-state index is 10.1. The van der Waals surface area contributed by atoms with Gasteiger partial charge in [0.2, 0.25) is 0 Å². The Kier molecular flexibility index (Phi) is 20.0. The van der Waals surface area contributed by atoms with Crippen LogP contribution in [-0.2, 0) is 28.4 Å². The van der Waals surface area contributed by atoms with E-state index in [1.807, 2.05) is 41.5 Å². The van der Waals surface area contributed by atoms with Gasteiger partial charge in [-0.3, -0.25) is 0 Å². The lowest BCUT2D eigenvalue weighted by Crippen LogP contribution is -2.59. The number of hydrogen-bond acceptors (Lipinski definition) is 14. The average Bonchev–Trinajstić information content (AvgIpc) is 3.41. The second-order valence-electron chi connectivity index (χ2n) is 10.6. The van der Waals surface area contributed by atoms with Gasteiger partial charge in [-0.2, -0.15) is 0 Å². The molecule has 13 N–H and O–H groups in total. The number of nitrogens with two attached hydrogens (primary N) is 5. The molecule has 4 fully saturated rings. The molecule has 0 amide bonds. The minimum absolute atomic E-state index is 0.0262. The summed E-state index contributed by atoms with van der Waals surface area (Å²) < 4.78 is 36.2. The normalized spacial score (nSPS) is 42.8. The smallest absolute Gasteiger partial charge is 0.173 e. The molecule has 0 spiro atoms. The van der Waals surface area contributed by atoms with Crippen LogP contribution < -0.4 is 28.7 Å². The SMILES string of the molecule is CC.CC.CC.NCC1CC[C@@H](N)[C@@H](O[C@@H]2C(N)CC(N)CC2OC2C[C@H](O[C@@H]3CC(O)[C@H](O)[C@H](CN)O3)C(CO)O2)O1. The van der Waals surface area contributed by atoms with Crippen molar-refractivity contribution in [3.63, 3.8) is 0 Å². The molecule has 14 atom stereocenters. The minimum atomic E-state index is -1.09. The van der Waals surface area contributed by atoms with Crippen molar-refractivity contribution in [2.24, 2.45) is 28.7 Å². The minimum Gasteiger partial charge on any atom is -0.394 e. The molecule has 4 aliphatic rings. The van der Waals surface area contributed by atoms with Crippen LogP contribution in [0.15, 0.2) is 0 Å². The maximum atomic E-state index is 10.1. The largest absolute Gasteiger partial charge is 0.394 e. The number of hydrogen-bond donors (Lipinski definition) is 8. The van der Waals surface area contributed by atoms with Crippen molar-refractivity contribution in [2.45, 2.75) is 166 Å². The summed E-state index contributed by atoms with van der Waals surface area (Å²) in [5, 5.41) is 30.1. The summed E-state index contributed by atoms with van der Waals surface area (Å²) in [6, 6.07) is -0.898. The van der Waals surface area contributed by atoms with Crippen molar-refractivity contribution >= 4 is 0 Å². The molecule has 43 heavy (non-hydrogen) atoms. The van der Waals surface area contributed by atoms with Crippen LogP contribution in [0.2, 0.25) is 0 Å². The fraction of sp³-hybridized carbons (Fsp3) is 1.00. The Hall–Kier alpha value is -0.560. The van der Waals surface area contributed by atoms with Crippen molar-refractivity contribution in [2.75, 3.05) is 19.7 Å². The Bertz CT molecular complexity index is 717. The summed E-state index contributed by atoms with van der Waals surface area (Å²) in [6.45, 7) is 12.1. The first-order valence-electron chi connectivity index (χ1n) is 16.3. The number of aliphatic hydroxyl groups excluding tert-OH is 3. The Labute approximate surface area is 258 Å². The van der Waals surface area contributed by atoms with E-state index in [0.29, 0.717) is 25.8 Å². The summed E-state index contributed by atoms with van der Waals surface area (Å²) >= 11 is 0. The highest BCUT2D eigenvalue weighted by Crippen LogP contribution is 2.33. The van der Waals surface area contributed by atoms with Gasteiger partial charge in [-0.1, -0.05) is 41.5 Å². The molecular formula is C29H63N5O9. The quantitative estimate of drug-likeness (QED) is 0.159. The van der Waals surface area contributed by atoms with E-state index in [9.17, 15) is 15.3 Å². The lowest BCUT2D eigenvalue weighted by Gasteiger charge is -2.43. The molecule has 1 saturated carbocycles. The molecule has 258 valence electrons. The molecule has 3 saturated heterocycles. The van der Waals surface area contributed by atoms with E-state index >= 15 is 0 Å². The lowest BCUT2D eigenvalue weighted by atomic mass is 9.86. The average molecular weight is 626 g/mol. The first kappa shape index (κ1) is 40.5. The molecule has 7 unspecified atom stereocenters. The van der Waals surface area contributed by atoms with E-state index in [1.165, 1.54) is 0 Å². The van der Waals surface area contributed by atoms with E-state index in [4.69, 9.17) is 57.1 Å². The molecule has 0 bridgehead atoms. The monoisotopic (exact) mass is 625 g/mol. The van der Waals surface area contributed by atoms with Gasteiger partial charge in [0.1, 0.15) is 24.4 Å². The summed E-state index contributed by atoms with van der Waals surface area (Å²) in [5.41, 5.74) is 30.4. The molecule has 0 aromatic heterocycles. The van der Waals surface area contributed by atoms with Gasteiger partial charge in [-0.05, 0) is 25.7 Å². The van der Waals surface area contributed by atoms with Crippen LogP contribution in [-0.4, -0.2) is 121 Å². The van der Waals surface area contributed by atoms with E-state index in [0.717, 1.165) is 12.8 Å². The summed E-state index contributed by atoms with van der Waals surface area (Å²) in [5.74, 6) is 0. The molecule has 14 heteroatoms. The highest BCUT2D eigenvalue weighted by Gasteiger charge is 2.46. The van der Waals surface area contributed by atoms with Crippen molar-refractivity contribution in [1.29, 1.82) is 0 Å². The van der Waals surface area contributed by atoms with Crippen LogP contribution in [0.25, 0.3) is 0 Å². The van der Waals surface area contributed by atoms with Crippen molar-refractivity contribution in [3.05, 3.63) is 0 Å². The molecule has 0 radical (unpaired) electrons. The fourth-order valence-corrected chi connectivity index (χ4v) is 5.60. The van der Waals surface area contributed by atoms with Gasteiger partial charge in [-0.25, -0.2) is 0 Å². The van der Waals surface area contributed by atoms with Gasteiger partial charge in [0.15, 0.2) is 18.9 Å². The molecule has 14 nitrogen and oxygen atoms in total. The standard InChI is InChI=1S/C23H45N5O9.3C2H6/c24-7-11-1-2-12(27)23(32-11)37-22-13(28)3-10(26)4-16(22)34-20-6-15(18(9-29)36-20)33-19-5-14(30)21(31)17(8-25)35-19;3*1-2/h10-23,29-31H,1-9,24-28H2;3*1-2H3/t10?,11?,12-,13?,14?,15+,16?,17+,18?,19+,20?,21+,22-,23-;;;/m1.../s1. The number of rotatable bonds is 9. The fourth-order valence-electron chi connectivity index (χ4n) is 5.60.